The number of nitrogens with zero attached hydrogens (tertiary/aromatic N) is 4. The molecule has 0 spiro atoms. The number of likely N-dealkylation sites (tertiary alicyclic amines) is 1. The third kappa shape index (κ3) is 4.79. The molecule has 2 aliphatic rings. The third-order valence-electron chi connectivity index (χ3n) is 4.30. The first-order valence-electron chi connectivity index (χ1n) is 8.97. The van der Waals surface area contributed by atoms with Gasteiger partial charge in [0.25, 0.3) is 0 Å². The zero-order chi connectivity index (χ0) is 19.8. The first-order chi connectivity index (χ1) is 11.9. The standard InChI is InChI=1S/C18H30N4O4/c1-16(2,3)25-14(23)20-7-9-22(10-8-20)18(11-19)12-21(13-18)15(24)26-17(4,5)6/h7-10,12-13H2,1-6H3. The number of nitriles is 1. The van der Waals surface area contributed by atoms with Crippen molar-refractivity contribution < 1.29 is 19.1 Å². The Hall–Kier alpha value is -2.01. The van der Waals surface area contributed by atoms with Crippen LogP contribution in [0.1, 0.15) is 41.5 Å². The van der Waals surface area contributed by atoms with Crippen molar-refractivity contribution >= 4 is 12.2 Å². The van der Waals surface area contributed by atoms with Gasteiger partial charge in [-0.25, -0.2) is 9.59 Å². The molecule has 2 heterocycles. The lowest BCUT2D eigenvalue weighted by molar-refractivity contribution is -0.0538. The van der Waals surface area contributed by atoms with E-state index in [1.54, 1.807) is 9.80 Å². The summed E-state index contributed by atoms with van der Waals surface area (Å²) in [7, 11) is 0. The predicted octanol–water partition coefficient (Wildman–Crippen LogP) is 2.05. The van der Waals surface area contributed by atoms with E-state index in [0.29, 0.717) is 39.3 Å². The van der Waals surface area contributed by atoms with E-state index in [9.17, 15) is 14.9 Å². The predicted molar refractivity (Wildman–Crippen MR) is 95.5 cm³/mol. The molecule has 0 unspecified atom stereocenters. The molecular formula is C18H30N4O4. The molecule has 0 atom stereocenters. The van der Waals surface area contributed by atoms with Gasteiger partial charge in [-0.3, -0.25) is 4.90 Å². The SMILES string of the molecule is CC(C)(C)OC(=O)N1CCN(C2(C#N)CN(C(=O)OC(C)(C)C)C2)CC1. The second kappa shape index (κ2) is 6.95. The second-order valence-corrected chi connectivity index (χ2v) is 8.93. The maximum Gasteiger partial charge on any atom is 0.410 e. The van der Waals surface area contributed by atoms with Gasteiger partial charge in [-0.2, -0.15) is 5.26 Å². The van der Waals surface area contributed by atoms with Gasteiger partial charge in [-0.15, -0.1) is 0 Å². The maximum absolute atomic E-state index is 12.1. The van der Waals surface area contributed by atoms with Crippen molar-refractivity contribution in [2.75, 3.05) is 39.3 Å². The number of hydrogen-bond donors (Lipinski definition) is 0. The summed E-state index contributed by atoms with van der Waals surface area (Å²) < 4.78 is 10.7. The Labute approximate surface area is 155 Å². The zero-order valence-electron chi connectivity index (χ0n) is 16.7. The second-order valence-electron chi connectivity index (χ2n) is 8.93. The fourth-order valence-electron chi connectivity index (χ4n) is 3.03. The lowest BCUT2D eigenvalue weighted by Crippen LogP contribution is -2.73. The molecule has 2 aliphatic heterocycles. The van der Waals surface area contributed by atoms with E-state index in [1.165, 1.54) is 0 Å². The van der Waals surface area contributed by atoms with Crippen LogP contribution in [-0.2, 0) is 9.47 Å². The van der Waals surface area contributed by atoms with Gasteiger partial charge in [0.15, 0.2) is 0 Å². The smallest absolute Gasteiger partial charge is 0.410 e. The quantitative estimate of drug-likeness (QED) is 0.706. The van der Waals surface area contributed by atoms with E-state index in [1.807, 2.05) is 41.5 Å². The molecule has 2 amide bonds. The fourth-order valence-corrected chi connectivity index (χ4v) is 3.03. The van der Waals surface area contributed by atoms with Crippen molar-refractivity contribution in [1.82, 2.24) is 14.7 Å². The topological polar surface area (TPSA) is 86.1 Å². The molecule has 2 rings (SSSR count). The summed E-state index contributed by atoms with van der Waals surface area (Å²) in [6, 6.07) is 2.36. The van der Waals surface area contributed by atoms with Gasteiger partial charge in [-0.1, -0.05) is 0 Å². The molecule has 0 N–H and O–H groups in total. The van der Waals surface area contributed by atoms with Crippen LogP contribution in [0.25, 0.3) is 0 Å². The van der Waals surface area contributed by atoms with Crippen molar-refractivity contribution in [2.24, 2.45) is 0 Å². The van der Waals surface area contributed by atoms with Crippen LogP contribution in [0.2, 0.25) is 0 Å². The summed E-state index contributed by atoms with van der Waals surface area (Å²) in [4.78, 5) is 29.5. The minimum atomic E-state index is -0.697. The molecule has 0 aromatic carbocycles. The molecule has 0 aromatic rings. The Bertz CT molecular complexity index is 586. The van der Waals surface area contributed by atoms with Gasteiger partial charge in [0, 0.05) is 26.2 Å². The van der Waals surface area contributed by atoms with E-state index < -0.39 is 22.8 Å². The van der Waals surface area contributed by atoms with Gasteiger partial charge >= 0.3 is 12.2 Å². The average molecular weight is 366 g/mol. The highest BCUT2D eigenvalue weighted by Crippen LogP contribution is 2.30. The number of carbonyl (C=O) groups excluding carboxylic acids is 2. The summed E-state index contributed by atoms with van der Waals surface area (Å²) in [5.41, 5.74) is -1.78. The minimum absolute atomic E-state index is 0.324. The molecule has 8 nitrogen and oxygen atoms in total. The van der Waals surface area contributed by atoms with E-state index in [2.05, 4.69) is 11.0 Å². The summed E-state index contributed by atoms with van der Waals surface area (Å²) in [6.07, 6.45) is -0.720. The van der Waals surface area contributed by atoms with Crippen LogP contribution in [0.4, 0.5) is 9.59 Å². The van der Waals surface area contributed by atoms with Crippen molar-refractivity contribution in [2.45, 2.75) is 58.3 Å². The van der Waals surface area contributed by atoms with Gasteiger partial charge in [0.1, 0.15) is 16.7 Å². The van der Waals surface area contributed by atoms with Crippen molar-refractivity contribution in [3.63, 3.8) is 0 Å². The number of ether oxygens (including phenoxy) is 2. The molecule has 26 heavy (non-hydrogen) atoms. The van der Waals surface area contributed by atoms with Crippen LogP contribution in [0.3, 0.4) is 0 Å². The Morgan fingerprint density at radius 1 is 0.846 bits per heavy atom. The monoisotopic (exact) mass is 366 g/mol. The third-order valence-corrected chi connectivity index (χ3v) is 4.30. The molecule has 0 radical (unpaired) electrons. The van der Waals surface area contributed by atoms with Crippen molar-refractivity contribution in [3.05, 3.63) is 0 Å². The number of hydrogen-bond acceptors (Lipinski definition) is 6. The van der Waals surface area contributed by atoms with Crippen molar-refractivity contribution in [1.29, 1.82) is 5.26 Å². The Balaban J connectivity index is 1.88. The normalized spacial score (nSPS) is 20.8. The molecule has 0 aliphatic carbocycles. The lowest BCUT2D eigenvalue weighted by Gasteiger charge is -2.53. The van der Waals surface area contributed by atoms with Gasteiger partial charge in [0.2, 0.25) is 0 Å². The molecule has 8 heteroatoms. The number of carbonyl (C=O) groups is 2. The molecule has 0 saturated carbocycles. The molecule has 2 fully saturated rings. The number of piperazine rings is 1. The van der Waals surface area contributed by atoms with Crippen LogP contribution in [0.15, 0.2) is 0 Å². The Morgan fingerprint density at radius 2 is 1.27 bits per heavy atom. The number of rotatable bonds is 1. The van der Waals surface area contributed by atoms with Crippen LogP contribution >= 0.6 is 0 Å². The van der Waals surface area contributed by atoms with Gasteiger partial charge in [-0.05, 0) is 41.5 Å². The van der Waals surface area contributed by atoms with E-state index in [4.69, 9.17) is 9.47 Å². The highest BCUT2D eigenvalue weighted by Gasteiger charge is 2.52. The van der Waals surface area contributed by atoms with Crippen LogP contribution in [0.5, 0.6) is 0 Å². The fraction of sp³-hybridized carbons (Fsp3) is 0.833. The average Bonchev–Trinajstić information content (AvgIpc) is 2.43. The van der Waals surface area contributed by atoms with E-state index in [0.717, 1.165) is 0 Å². The largest absolute Gasteiger partial charge is 0.444 e. The van der Waals surface area contributed by atoms with Crippen LogP contribution in [-0.4, -0.2) is 82.9 Å². The number of amides is 2. The molecule has 0 aromatic heterocycles. The van der Waals surface area contributed by atoms with E-state index in [-0.39, 0.29) is 6.09 Å². The van der Waals surface area contributed by atoms with Crippen LogP contribution in [0, 0.1) is 11.3 Å². The van der Waals surface area contributed by atoms with E-state index >= 15 is 0 Å². The summed E-state index contributed by atoms with van der Waals surface area (Å²) in [5, 5.41) is 9.67. The highest BCUT2D eigenvalue weighted by molar-refractivity contribution is 5.70. The van der Waals surface area contributed by atoms with Crippen LogP contribution < -0.4 is 0 Å². The lowest BCUT2D eigenvalue weighted by atomic mass is 9.89. The Kier molecular flexibility index (Phi) is 5.43. The maximum atomic E-state index is 12.1. The van der Waals surface area contributed by atoms with Gasteiger partial charge in [0.05, 0.1) is 19.2 Å². The highest BCUT2D eigenvalue weighted by atomic mass is 16.6. The minimum Gasteiger partial charge on any atom is -0.444 e. The Morgan fingerprint density at radius 3 is 1.65 bits per heavy atom. The first kappa shape index (κ1) is 20.3. The molecule has 2 saturated heterocycles. The van der Waals surface area contributed by atoms with Crippen molar-refractivity contribution in [3.8, 4) is 6.07 Å². The summed E-state index contributed by atoms with van der Waals surface area (Å²) in [6.45, 7) is 13.8. The summed E-state index contributed by atoms with van der Waals surface area (Å²) in [5.74, 6) is 0. The summed E-state index contributed by atoms with van der Waals surface area (Å²) >= 11 is 0. The van der Waals surface area contributed by atoms with Gasteiger partial charge < -0.3 is 19.3 Å². The first-order valence-corrected chi connectivity index (χ1v) is 8.97. The molecule has 0 bridgehead atoms. The molecular weight excluding hydrogens is 336 g/mol. The molecule has 146 valence electrons. The zero-order valence-corrected chi connectivity index (χ0v) is 16.7.